The molecule has 0 fully saturated rings. The minimum absolute atomic E-state index is 0.0320. The van der Waals surface area contributed by atoms with E-state index >= 15 is 0 Å². The number of aryl methyl sites for hydroxylation is 1. The quantitative estimate of drug-likeness (QED) is 0.569. The molecular weight excluding hydrogens is 352 g/mol. The molecule has 0 radical (unpaired) electrons. The van der Waals surface area contributed by atoms with Gasteiger partial charge in [0, 0.05) is 11.4 Å². The fraction of sp³-hybridized carbons (Fsp3) is 0.190. The lowest BCUT2D eigenvalue weighted by Gasteiger charge is -2.12. The fourth-order valence-corrected chi connectivity index (χ4v) is 2.89. The highest BCUT2D eigenvalue weighted by Gasteiger charge is 2.08. The maximum atomic E-state index is 10.8. The van der Waals surface area contributed by atoms with Crippen LogP contribution in [0.25, 0.3) is 10.8 Å². The van der Waals surface area contributed by atoms with Crippen LogP contribution in [-0.2, 0) is 11.2 Å². The van der Waals surface area contributed by atoms with Gasteiger partial charge in [-0.3, -0.25) is 4.79 Å². The third-order valence-corrected chi connectivity index (χ3v) is 4.20. The molecule has 0 spiro atoms. The number of ether oxygens (including phenoxy) is 2. The van der Waals surface area contributed by atoms with Crippen LogP contribution < -0.4 is 9.47 Å². The molecule has 0 saturated carbocycles. The van der Waals surface area contributed by atoms with Crippen molar-refractivity contribution in [2.24, 2.45) is 0 Å². The highest BCUT2D eigenvalue weighted by atomic mass is 35.5. The summed E-state index contributed by atoms with van der Waals surface area (Å²) in [6, 6.07) is 19.3. The molecule has 0 atom stereocenters. The van der Waals surface area contributed by atoms with Gasteiger partial charge in [-0.2, -0.15) is 0 Å². The van der Waals surface area contributed by atoms with E-state index in [-0.39, 0.29) is 6.42 Å². The number of rotatable bonds is 8. The number of hydrogen-bond donors (Lipinski definition) is 1. The molecule has 0 heterocycles. The lowest BCUT2D eigenvalue weighted by molar-refractivity contribution is -0.136. The van der Waals surface area contributed by atoms with E-state index in [1.165, 1.54) is 5.39 Å². The third kappa shape index (κ3) is 4.90. The summed E-state index contributed by atoms with van der Waals surface area (Å²) in [4.78, 5) is 10.8. The average molecular weight is 371 g/mol. The van der Waals surface area contributed by atoms with Crippen molar-refractivity contribution in [3.63, 3.8) is 0 Å². The summed E-state index contributed by atoms with van der Waals surface area (Å²) in [6.07, 6.45) is 0.404. The van der Waals surface area contributed by atoms with Crippen LogP contribution >= 0.6 is 11.6 Å². The van der Waals surface area contributed by atoms with Crippen molar-refractivity contribution in [3.05, 3.63) is 71.2 Å². The van der Waals surface area contributed by atoms with E-state index in [2.05, 4.69) is 6.07 Å². The second kappa shape index (κ2) is 8.59. The number of fused-ring (bicyclic) bond motifs is 1. The summed E-state index contributed by atoms with van der Waals surface area (Å²) in [5, 5.41) is 11.7. The molecule has 3 rings (SSSR count). The zero-order chi connectivity index (χ0) is 18.4. The summed E-state index contributed by atoms with van der Waals surface area (Å²) in [5.41, 5.74) is 0.783. The Hall–Kier alpha value is -2.72. The third-order valence-electron chi connectivity index (χ3n) is 3.96. The Morgan fingerprint density at radius 1 is 0.923 bits per heavy atom. The van der Waals surface area contributed by atoms with E-state index in [9.17, 15) is 4.79 Å². The van der Waals surface area contributed by atoms with Crippen LogP contribution in [0, 0.1) is 0 Å². The fourth-order valence-electron chi connectivity index (χ4n) is 2.69. The standard InChI is InChI=1S/C21H19ClO4/c22-18-7-9-20(17(13-18)6-10-21(23)24)26-12-11-25-19-8-5-15-3-1-2-4-16(15)14-19/h1-5,7-9,13-14H,6,10-12H2,(H,23,24). The van der Waals surface area contributed by atoms with Crippen LogP contribution in [0.1, 0.15) is 12.0 Å². The highest BCUT2D eigenvalue weighted by Crippen LogP contribution is 2.25. The summed E-state index contributed by atoms with van der Waals surface area (Å²) < 4.78 is 11.5. The van der Waals surface area contributed by atoms with Gasteiger partial charge < -0.3 is 14.6 Å². The molecule has 0 unspecified atom stereocenters. The van der Waals surface area contributed by atoms with Crippen LogP contribution in [0.5, 0.6) is 11.5 Å². The monoisotopic (exact) mass is 370 g/mol. The van der Waals surface area contributed by atoms with Crippen LogP contribution in [0.15, 0.2) is 60.7 Å². The van der Waals surface area contributed by atoms with Crippen LogP contribution in [0.2, 0.25) is 5.02 Å². The molecule has 0 aliphatic carbocycles. The van der Waals surface area contributed by atoms with Gasteiger partial charge in [0.1, 0.15) is 24.7 Å². The van der Waals surface area contributed by atoms with Gasteiger partial charge in [0.05, 0.1) is 0 Å². The van der Waals surface area contributed by atoms with Gasteiger partial charge in [-0.1, -0.05) is 41.9 Å². The molecule has 0 aromatic heterocycles. The normalized spacial score (nSPS) is 10.7. The molecule has 1 N–H and O–H groups in total. The minimum atomic E-state index is -0.851. The predicted octanol–water partition coefficient (Wildman–Crippen LogP) is 4.97. The maximum absolute atomic E-state index is 10.8. The number of carboxylic acids is 1. The van der Waals surface area contributed by atoms with E-state index in [4.69, 9.17) is 26.2 Å². The molecule has 0 amide bonds. The highest BCUT2D eigenvalue weighted by molar-refractivity contribution is 6.30. The molecular formula is C21H19ClO4. The lowest BCUT2D eigenvalue weighted by Crippen LogP contribution is -2.10. The van der Waals surface area contributed by atoms with Crippen molar-refractivity contribution in [1.82, 2.24) is 0 Å². The van der Waals surface area contributed by atoms with Gasteiger partial charge >= 0.3 is 5.97 Å². The van der Waals surface area contributed by atoms with Crippen molar-refractivity contribution in [1.29, 1.82) is 0 Å². The van der Waals surface area contributed by atoms with Gasteiger partial charge in [-0.05, 0) is 53.1 Å². The lowest BCUT2D eigenvalue weighted by atomic mass is 10.1. The summed E-state index contributed by atoms with van der Waals surface area (Å²) >= 11 is 5.99. The molecule has 3 aromatic rings. The van der Waals surface area contributed by atoms with Crippen molar-refractivity contribution >= 4 is 28.3 Å². The molecule has 0 bridgehead atoms. The van der Waals surface area contributed by atoms with E-state index in [0.29, 0.717) is 30.4 Å². The van der Waals surface area contributed by atoms with Crippen LogP contribution in [0.4, 0.5) is 0 Å². The predicted molar refractivity (Wildman–Crippen MR) is 102 cm³/mol. The largest absolute Gasteiger partial charge is 0.490 e. The van der Waals surface area contributed by atoms with E-state index in [1.54, 1.807) is 18.2 Å². The van der Waals surface area contributed by atoms with Crippen molar-refractivity contribution in [3.8, 4) is 11.5 Å². The molecule has 0 aliphatic rings. The number of hydrogen-bond acceptors (Lipinski definition) is 3. The number of carbonyl (C=O) groups is 1. The number of benzene rings is 3. The Labute approximate surface area is 156 Å². The maximum Gasteiger partial charge on any atom is 0.303 e. The number of carboxylic acid groups (broad SMARTS) is 1. The molecule has 0 aliphatic heterocycles. The second-order valence-corrected chi connectivity index (χ2v) is 6.29. The number of aliphatic carboxylic acids is 1. The molecule has 5 heteroatoms. The Morgan fingerprint density at radius 2 is 1.69 bits per heavy atom. The molecule has 26 heavy (non-hydrogen) atoms. The van der Waals surface area contributed by atoms with Crippen LogP contribution in [0.3, 0.4) is 0 Å². The van der Waals surface area contributed by atoms with E-state index < -0.39 is 5.97 Å². The van der Waals surface area contributed by atoms with Gasteiger partial charge in [0.15, 0.2) is 0 Å². The van der Waals surface area contributed by atoms with Crippen molar-refractivity contribution in [2.45, 2.75) is 12.8 Å². The molecule has 0 saturated heterocycles. The zero-order valence-electron chi connectivity index (χ0n) is 14.2. The Morgan fingerprint density at radius 3 is 2.50 bits per heavy atom. The SMILES string of the molecule is O=C(O)CCc1cc(Cl)ccc1OCCOc1ccc2ccccc2c1. The second-order valence-electron chi connectivity index (χ2n) is 5.85. The van der Waals surface area contributed by atoms with Crippen molar-refractivity contribution in [2.75, 3.05) is 13.2 Å². The molecule has 134 valence electrons. The smallest absolute Gasteiger partial charge is 0.303 e. The molecule has 4 nitrogen and oxygen atoms in total. The topological polar surface area (TPSA) is 55.8 Å². The van der Waals surface area contributed by atoms with Gasteiger partial charge in [0.25, 0.3) is 0 Å². The average Bonchev–Trinajstić information content (AvgIpc) is 2.64. The van der Waals surface area contributed by atoms with E-state index in [1.807, 2.05) is 36.4 Å². The summed E-state index contributed by atoms with van der Waals surface area (Å²) in [5.74, 6) is 0.572. The summed E-state index contributed by atoms with van der Waals surface area (Å²) in [6.45, 7) is 0.744. The first kappa shape index (κ1) is 18.1. The first-order valence-electron chi connectivity index (χ1n) is 8.36. The molecule has 3 aromatic carbocycles. The first-order chi connectivity index (χ1) is 12.6. The Balaban J connectivity index is 1.56. The number of halogens is 1. The Bertz CT molecular complexity index is 907. The van der Waals surface area contributed by atoms with Gasteiger partial charge in [0.2, 0.25) is 0 Å². The van der Waals surface area contributed by atoms with Gasteiger partial charge in [-0.25, -0.2) is 0 Å². The van der Waals surface area contributed by atoms with E-state index in [0.717, 1.165) is 16.7 Å². The summed E-state index contributed by atoms with van der Waals surface area (Å²) in [7, 11) is 0. The van der Waals surface area contributed by atoms with Crippen LogP contribution in [-0.4, -0.2) is 24.3 Å². The Kier molecular flexibility index (Phi) is 5.97. The van der Waals surface area contributed by atoms with Gasteiger partial charge in [-0.15, -0.1) is 0 Å². The first-order valence-corrected chi connectivity index (χ1v) is 8.74. The zero-order valence-corrected chi connectivity index (χ0v) is 14.9. The van der Waals surface area contributed by atoms with Crippen molar-refractivity contribution < 1.29 is 19.4 Å². The minimum Gasteiger partial charge on any atom is -0.490 e.